The van der Waals surface area contributed by atoms with E-state index >= 15 is 0 Å². The molecule has 0 saturated heterocycles. The Morgan fingerprint density at radius 3 is 2.62 bits per heavy atom. The van der Waals surface area contributed by atoms with E-state index in [0.29, 0.717) is 11.1 Å². The number of rotatable bonds is 2. The van der Waals surface area contributed by atoms with Crippen LogP contribution in [0, 0.1) is 13.8 Å². The molecule has 24 heavy (non-hydrogen) atoms. The van der Waals surface area contributed by atoms with Gasteiger partial charge in [0.25, 0.3) is 11.6 Å². The van der Waals surface area contributed by atoms with Gasteiger partial charge in [0.2, 0.25) is 11.9 Å². The molecule has 1 atom stereocenters. The topological polar surface area (TPSA) is 76.0 Å². The smallest absolute Gasteiger partial charge is 0.317 e. The maximum atomic E-state index is 13.9. The van der Waals surface area contributed by atoms with Crippen molar-refractivity contribution < 1.29 is 22.8 Å². The van der Waals surface area contributed by atoms with Gasteiger partial charge in [-0.25, -0.2) is 4.98 Å². The molecular weight excluding hydrogens is 325 g/mol. The molecule has 1 aromatic heterocycles. The zero-order valence-electron chi connectivity index (χ0n) is 13.2. The van der Waals surface area contributed by atoms with Gasteiger partial charge in [0.15, 0.2) is 0 Å². The van der Waals surface area contributed by atoms with Crippen molar-refractivity contribution in [3.63, 3.8) is 0 Å². The van der Waals surface area contributed by atoms with Gasteiger partial charge in [-0.15, -0.1) is 0 Å². The van der Waals surface area contributed by atoms with Gasteiger partial charge in [-0.1, -0.05) is 13.0 Å². The number of fused-ring (bicyclic) bond motifs is 3. The van der Waals surface area contributed by atoms with E-state index in [1.165, 1.54) is 13.0 Å². The summed E-state index contributed by atoms with van der Waals surface area (Å²) in [5.74, 6) is -2.50. The number of benzene rings is 1. The van der Waals surface area contributed by atoms with E-state index in [4.69, 9.17) is 0 Å². The zero-order chi connectivity index (χ0) is 17.9. The number of aromatic nitrogens is 2. The second-order valence-electron chi connectivity index (χ2n) is 5.78. The van der Waals surface area contributed by atoms with Crippen LogP contribution in [0.2, 0.25) is 0 Å². The fourth-order valence-corrected chi connectivity index (χ4v) is 2.97. The number of imidazole rings is 1. The highest BCUT2D eigenvalue weighted by atomic mass is 19.4. The largest absolute Gasteiger partial charge is 0.440 e. The summed E-state index contributed by atoms with van der Waals surface area (Å²) in [7, 11) is 0. The summed E-state index contributed by atoms with van der Waals surface area (Å²) in [6, 6.07) is 3.30. The Morgan fingerprint density at radius 2 is 2.04 bits per heavy atom. The minimum Gasteiger partial charge on any atom is -0.317 e. The number of halogens is 3. The third-order valence-corrected chi connectivity index (χ3v) is 4.04. The fraction of sp³-hybridized carbons (Fsp3) is 0.400. The first-order valence-corrected chi connectivity index (χ1v) is 7.31. The third-order valence-electron chi connectivity index (χ3n) is 4.04. The molecule has 0 saturated carbocycles. The third kappa shape index (κ3) is 2.00. The van der Waals surface area contributed by atoms with Crippen molar-refractivity contribution in [1.29, 1.82) is 0 Å². The molecule has 2 aromatic rings. The van der Waals surface area contributed by atoms with Crippen molar-refractivity contribution in [2.24, 2.45) is 0 Å². The fourth-order valence-electron chi connectivity index (χ4n) is 2.97. The lowest BCUT2D eigenvalue weighted by atomic mass is 10.1. The normalized spacial score (nSPS) is 20.2. The van der Waals surface area contributed by atoms with Crippen LogP contribution in [0.1, 0.15) is 24.5 Å². The van der Waals surface area contributed by atoms with Crippen LogP contribution in [0.4, 0.5) is 19.1 Å². The molecule has 1 aliphatic heterocycles. The van der Waals surface area contributed by atoms with Gasteiger partial charge in [0.1, 0.15) is 0 Å². The number of aryl methyl sites for hydroxylation is 2. The van der Waals surface area contributed by atoms with Crippen LogP contribution in [0.5, 0.6) is 0 Å². The SMILES string of the molecule is CCC(=O)NC1(C(F)(F)F)C(=O)Nc2nc3c(C)cc(C)cc3n21. The summed E-state index contributed by atoms with van der Waals surface area (Å²) in [5, 5.41) is 3.99. The lowest BCUT2D eigenvalue weighted by Crippen LogP contribution is -2.63. The quantitative estimate of drug-likeness (QED) is 0.881. The molecule has 3 rings (SSSR count). The molecule has 0 bridgehead atoms. The maximum absolute atomic E-state index is 13.9. The second-order valence-corrected chi connectivity index (χ2v) is 5.78. The highest BCUT2D eigenvalue weighted by molar-refractivity contribution is 6.05. The number of nitrogens with zero attached hydrogens (tertiary/aromatic N) is 2. The van der Waals surface area contributed by atoms with Crippen molar-refractivity contribution >= 4 is 28.8 Å². The predicted octanol–water partition coefficient (Wildman–Crippen LogP) is 2.35. The molecule has 1 unspecified atom stereocenters. The number of amides is 2. The Labute approximate surface area is 135 Å². The summed E-state index contributed by atoms with van der Waals surface area (Å²) in [6.45, 7) is 4.86. The van der Waals surface area contributed by atoms with E-state index in [2.05, 4.69) is 10.3 Å². The molecule has 2 heterocycles. The van der Waals surface area contributed by atoms with Gasteiger partial charge in [0, 0.05) is 6.42 Å². The number of hydrogen-bond donors (Lipinski definition) is 2. The van der Waals surface area contributed by atoms with Crippen LogP contribution >= 0.6 is 0 Å². The summed E-state index contributed by atoms with van der Waals surface area (Å²) >= 11 is 0. The van der Waals surface area contributed by atoms with Crippen LogP contribution in [0.25, 0.3) is 11.0 Å². The average molecular weight is 340 g/mol. The number of anilines is 1. The Hall–Kier alpha value is -2.58. The van der Waals surface area contributed by atoms with Gasteiger partial charge < -0.3 is 5.32 Å². The number of hydrogen-bond acceptors (Lipinski definition) is 3. The van der Waals surface area contributed by atoms with Gasteiger partial charge in [-0.05, 0) is 31.0 Å². The number of alkyl halides is 3. The van der Waals surface area contributed by atoms with E-state index in [1.807, 2.05) is 5.32 Å². The van der Waals surface area contributed by atoms with Gasteiger partial charge >= 0.3 is 6.18 Å². The van der Waals surface area contributed by atoms with Gasteiger partial charge in [-0.3, -0.25) is 19.5 Å². The molecule has 0 fully saturated rings. The Kier molecular flexibility index (Phi) is 3.36. The van der Waals surface area contributed by atoms with Crippen LogP contribution < -0.4 is 10.6 Å². The van der Waals surface area contributed by atoms with Crippen LogP contribution in [-0.4, -0.2) is 27.5 Å². The van der Waals surface area contributed by atoms with Crippen molar-refractivity contribution in [2.75, 3.05) is 5.32 Å². The molecule has 2 amide bonds. The first-order chi connectivity index (χ1) is 11.1. The molecule has 0 radical (unpaired) electrons. The molecule has 1 aromatic carbocycles. The van der Waals surface area contributed by atoms with Crippen molar-refractivity contribution in [3.05, 3.63) is 23.3 Å². The van der Waals surface area contributed by atoms with Crippen LogP contribution in [-0.2, 0) is 15.3 Å². The predicted molar refractivity (Wildman–Crippen MR) is 80.3 cm³/mol. The van der Waals surface area contributed by atoms with E-state index in [0.717, 1.165) is 10.1 Å². The molecule has 9 heteroatoms. The van der Waals surface area contributed by atoms with Crippen molar-refractivity contribution in [1.82, 2.24) is 14.9 Å². The molecule has 0 spiro atoms. The maximum Gasteiger partial charge on any atom is 0.440 e. The summed E-state index contributed by atoms with van der Waals surface area (Å²) in [4.78, 5) is 28.1. The molecule has 0 aliphatic carbocycles. The Balaban J connectivity index is 2.38. The van der Waals surface area contributed by atoms with E-state index in [9.17, 15) is 22.8 Å². The first-order valence-electron chi connectivity index (χ1n) is 7.31. The Morgan fingerprint density at radius 1 is 1.38 bits per heavy atom. The first kappa shape index (κ1) is 16.3. The van der Waals surface area contributed by atoms with Crippen molar-refractivity contribution in [3.8, 4) is 0 Å². The molecule has 2 N–H and O–H groups in total. The van der Waals surface area contributed by atoms with E-state index in [1.54, 1.807) is 19.9 Å². The average Bonchev–Trinajstić information content (AvgIpc) is 2.94. The number of carbonyl (C=O) groups is 2. The molecule has 6 nitrogen and oxygen atoms in total. The van der Waals surface area contributed by atoms with Crippen molar-refractivity contribution in [2.45, 2.75) is 39.0 Å². The van der Waals surface area contributed by atoms with Crippen LogP contribution in [0.3, 0.4) is 0 Å². The van der Waals surface area contributed by atoms with Gasteiger partial charge in [-0.2, -0.15) is 13.2 Å². The number of carbonyl (C=O) groups excluding carboxylic acids is 2. The molecule has 128 valence electrons. The second kappa shape index (κ2) is 4.96. The standard InChI is InChI=1S/C15H15F3N4O2/c1-4-10(23)21-14(15(16,17)18)12(24)20-13-19-11-8(3)5-7(2)6-9(11)22(13)14/h5-6H,4H2,1-3H3,(H,21,23)(H,19,20,24). The highest BCUT2D eigenvalue weighted by Crippen LogP contribution is 2.44. The highest BCUT2D eigenvalue weighted by Gasteiger charge is 2.67. The van der Waals surface area contributed by atoms with E-state index in [-0.39, 0.29) is 17.9 Å². The Bertz CT molecular complexity index is 872. The summed E-state index contributed by atoms with van der Waals surface area (Å²) in [6.07, 6.45) is -5.23. The zero-order valence-corrected chi connectivity index (χ0v) is 13.2. The van der Waals surface area contributed by atoms with Crippen LogP contribution in [0.15, 0.2) is 12.1 Å². The summed E-state index contributed by atoms with van der Waals surface area (Å²) < 4.78 is 42.5. The lowest BCUT2D eigenvalue weighted by molar-refractivity contribution is -0.217. The monoisotopic (exact) mass is 340 g/mol. The summed E-state index contributed by atoms with van der Waals surface area (Å²) in [5.41, 5.74) is -1.33. The minimum atomic E-state index is -5.04. The lowest BCUT2D eigenvalue weighted by Gasteiger charge is -2.31. The van der Waals surface area contributed by atoms with Gasteiger partial charge in [0.05, 0.1) is 11.0 Å². The minimum absolute atomic E-state index is 0.134. The molecular formula is C15H15F3N4O2. The van der Waals surface area contributed by atoms with E-state index < -0.39 is 23.7 Å². The molecule has 1 aliphatic rings. The number of nitrogens with one attached hydrogen (secondary N) is 2.